The zero-order valence-corrected chi connectivity index (χ0v) is 6.03. The van der Waals surface area contributed by atoms with Crippen LogP contribution in [0.4, 0.5) is 8.78 Å². The Morgan fingerprint density at radius 1 is 1.60 bits per heavy atom. The second kappa shape index (κ2) is 2.62. The topological polar surface area (TPSA) is 43.1 Å². The van der Waals surface area contributed by atoms with E-state index in [1.807, 2.05) is 0 Å². The Hall–Kier alpha value is -0.510. The first-order chi connectivity index (χ1) is 4.37. The number of hydrogen-bond acceptors (Lipinski definition) is 2. The number of halogens is 2. The van der Waals surface area contributed by atoms with Gasteiger partial charge in [0.1, 0.15) is 0 Å². The Kier molecular flexibility index (Phi) is 2.48. The van der Waals surface area contributed by atoms with E-state index in [1.54, 1.807) is 0 Å². The average molecular weight is 151 g/mol. The van der Waals surface area contributed by atoms with Crippen LogP contribution in [0, 0.1) is 0 Å². The summed E-state index contributed by atoms with van der Waals surface area (Å²) in [6, 6.07) is 0. The maximum absolute atomic E-state index is 12.4. The monoisotopic (exact) mass is 151 g/mol. The molecule has 0 radical (unpaired) electrons. The van der Waals surface area contributed by atoms with Crippen molar-refractivity contribution in [2.75, 3.05) is 0 Å². The molecule has 0 spiro atoms. The number of nitrogens with two attached hydrogens (primary N) is 1. The van der Waals surface area contributed by atoms with Crippen molar-refractivity contribution in [3.8, 4) is 0 Å². The Bertz CT molecular complexity index is 134. The van der Waals surface area contributed by atoms with Gasteiger partial charge in [0.25, 0.3) is 0 Å². The van der Waals surface area contributed by atoms with Crippen LogP contribution in [0.2, 0.25) is 0 Å². The minimum Gasteiger partial charge on any atom is -0.320 e. The van der Waals surface area contributed by atoms with Gasteiger partial charge in [-0.05, 0) is 13.3 Å². The van der Waals surface area contributed by atoms with Crippen molar-refractivity contribution in [1.82, 2.24) is 0 Å². The van der Waals surface area contributed by atoms with Gasteiger partial charge in [-0.3, -0.25) is 4.79 Å². The van der Waals surface area contributed by atoms with E-state index in [4.69, 9.17) is 5.73 Å². The van der Waals surface area contributed by atoms with Crippen LogP contribution in [0.1, 0.15) is 20.3 Å². The molecular formula is C6H11F2NO. The molecule has 0 saturated heterocycles. The van der Waals surface area contributed by atoms with Gasteiger partial charge in [-0.2, -0.15) is 8.78 Å². The summed E-state index contributed by atoms with van der Waals surface area (Å²) in [5.74, 6) is -3.41. The van der Waals surface area contributed by atoms with Gasteiger partial charge in [-0.1, -0.05) is 6.92 Å². The van der Waals surface area contributed by atoms with Crippen molar-refractivity contribution in [2.45, 2.75) is 31.7 Å². The standard InChI is InChI=1S/C6H11F2NO/c1-3-5(2,9)6(7,8)4-10/h4H,3,9H2,1-2H3. The summed E-state index contributed by atoms with van der Waals surface area (Å²) in [5, 5.41) is 0. The van der Waals surface area contributed by atoms with Gasteiger partial charge in [-0.15, -0.1) is 0 Å². The van der Waals surface area contributed by atoms with E-state index in [-0.39, 0.29) is 6.42 Å². The van der Waals surface area contributed by atoms with E-state index in [1.165, 1.54) is 6.92 Å². The van der Waals surface area contributed by atoms with E-state index >= 15 is 0 Å². The molecular weight excluding hydrogens is 140 g/mol. The van der Waals surface area contributed by atoms with Crippen LogP contribution in [0.3, 0.4) is 0 Å². The summed E-state index contributed by atoms with van der Waals surface area (Å²) in [4.78, 5) is 9.80. The fourth-order valence-corrected chi connectivity index (χ4v) is 0.370. The Labute approximate surface area is 58.4 Å². The molecule has 0 bridgehead atoms. The summed E-state index contributed by atoms with van der Waals surface area (Å²) < 4.78 is 24.9. The minimum absolute atomic E-state index is 0.0682. The molecule has 2 nitrogen and oxygen atoms in total. The molecule has 4 heteroatoms. The molecule has 0 heterocycles. The van der Waals surface area contributed by atoms with Crippen LogP contribution in [0.5, 0.6) is 0 Å². The fourth-order valence-electron chi connectivity index (χ4n) is 0.370. The number of alkyl halides is 2. The summed E-state index contributed by atoms with van der Waals surface area (Å²) in [6.45, 7) is 2.67. The lowest BCUT2D eigenvalue weighted by Crippen LogP contribution is -2.53. The number of aldehydes is 1. The van der Waals surface area contributed by atoms with Crippen molar-refractivity contribution in [2.24, 2.45) is 5.73 Å². The van der Waals surface area contributed by atoms with Gasteiger partial charge in [0.15, 0.2) is 6.29 Å². The predicted octanol–water partition coefficient (Wildman–Crippen LogP) is 0.948. The summed E-state index contributed by atoms with van der Waals surface area (Å²) in [7, 11) is 0. The SMILES string of the molecule is CCC(C)(N)C(F)(F)C=O. The van der Waals surface area contributed by atoms with E-state index in [2.05, 4.69) is 0 Å². The second-order valence-corrected chi connectivity index (χ2v) is 2.51. The maximum atomic E-state index is 12.4. The van der Waals surface area contributed by atoms with E-state index in [9.17, 15) is 13.6 Å². The molecule has 0 aromatic heterocycles. The van der Waals surface area contributed by atoms with E-state index in [0.717, 1.165) is 6.92 Å². The molecule has 60 valence electrons. The number of carbonyl (C=O) groups excluding carboxylic acids is 1. The third-order valence-corrected chi connectivity index (χ3v) is 1.64. The smallest absolute Gasteiger partial charge is 0.319 e. The summed E-state index contributed by atoms with van der Waals surface area (Å²) in [6.07, 6.45) is -0.338. The molecule has 0 aliphatic carbocycles. The lowest BCUT2D eigenvalue weighted by molar-refractivity contribution is -0.138. The normalized spacial score (nSPS) is 18.1. The van der Waals surface area contributed by atoms with Crippen molar-refractivity contribution >= 4 is 6.29 Å². The first-order valence-electron chi connectivity index (χ1n) is 3.00. The second-order valence-electron chi connectivity index (χ2n) is 2.51. The van der Waals surface area contributed by atoms with Crippen molar-refractivity contribution in [3.05, 3.63) is 0 Å². The van der Waals surface area contributed by atoms with Crippen molar-refractivity contribution < 1.29 is 13.6 Å². The molecule has 0 aliphatic rings. The highest BCUT2D eigenvalue weighted by molar-refractivity contribution is 5.62. The third-order valence-electron chi connectivity index (χ3n) is 1.64. The quantitative estimate of drug-likeness (QED) is 0.610. The van der Waals surface area contributed by atoms with Gasteiger partial charge in [0, 0.05) is 0 Å². The molecule has 0 rings (SSSR count). The van der Waals surface area contributed by atoms with Crippen LogP contribution >= 0.6 is 0 Å². The highest BCUT2D eigenvalue weighted by Crippen LogP contribution is 2.26. The van der Waals surface area contributed by atoms with Gasteiger partial charge in [0.2, 0.25) is 0 Å². The van der Waals surface area contributed by atoms with Gasteiger partial charge in [0.05, 0.1) is 5.54 Å². The van der Waals surface area contributed by atoms with Crippen molar-refractivity contribution in [1.29, 1.82) is 0 Å². The minimum atomic E-state index is -3.41. The average Bonchev–Trinajstić information content (AvgIpc) is 1.88. The molecule has 0 aromatic rings. The first-order valence-corrected chi connectivity index (χ1v) is 3.00. The van der Waals surface area contributed by atoms with E-state index in [0.29, 0.717) is 0 Å². The third kappa shape index (κ3) is 1.50. The number of carbonyl (C=O) groups is 1. The maximum Gasteiger partial charge on any atom is 0.319 e. The lowest BCUT2D eigenvalue weighted by atomic mass is 9.93. The molecule has 0 aliphatic heterocycles. The van der Waals surface area contributed by atoms with Gasteiger partial charge in [-0.25, -0.2) is 0 Å². The first kappa shape index (κ1) is 9.49. The van der Waals surface area contributed by atoms with Gasteiger partial charge >= 0.3 is 5.92 Å². The Balaban J connectivity index is 4.43. The highest BCUT2D eigenvalue weighted by atomic mass is 19.3. The van der Waals surface area contributed by atoms with Crippen LogP contribution < -0.4 is 5.73 Å². The Morgan fingerprint density at radius 3 is 2.10 bits per heavy atom. The Morgan fingerprint density at radius 2 is 2.00 bits per heavy atom. The van der Waals surface area contributed by atoms with Crippen LogP contribution in [-0.4, -0.2) is 17.7 Å². The largest absolute Gasteiger partial charge is 0.320 e. The highest BCUT2D eigenvalue weighted by Gasteiger charge is 2.45. The number of hydrogen-bond donors (Lipinski definition) is 1. The molecule has 10 heavy (non-hydrogen) atoms. The van der Waals surface area contributed by atoms with E-state index < -0.39 is 17.7 Å². The predicted molar refractivity (Wildman–Crippen MR) is 33.9 cm³/mol. The zero-order valence-electron chi connectivity index (χ0n) is 6.03. The molecule has 0 amide bonds. The molecule has 0 fully saturated rings. The van der Waals surface area contributed by atoms with Crippen LogP contribution in [0.15, 0.2) is 0 Å². The van der Waals surface area contributed by atoms with Crippen LogP contribution in [0.25, 0.3) is 0 Å². The molecule has 2 N–H and O–H groups in total. The number of rotatable bonds is 3. The lowest BCUT2D eigenvalue weighted by Gasteiger charge is -2.28. The molecule has 1 unspecified atom stereocenters. The molecule has 0 aromatic carbocycles. The van der Waals surface area contributed by atoms with Crippen LogP contribution in [-0.2, 0) is 4.79 Å². The van der Waals surface area contributed by atoms with Crippen molar-refractivity contribution in [3.63, 3.8) is 0 Å². The zero-order chi connectivity index (χ0) is 8.41. The summed E-state index contributed by atoms with van der Waals surface area (Å²) >= 11 is 0. The fraction of sp³-hybridized carbons (Fsp3) is 0.833. The summed E-state index contributed by atoms with van der Waals surface area (Å²) in [5.41, 5.74) is 3.41. The molecule has 1 atom stereocenters. The van der Waals surface area contributed by atoms with Gasteiger partial charge < -0.3 is 5.73 Å². The molecule has 0 saturated carbocycles.